The second-order valence-electron chi connectivity index (χ2n) is 18.0. The van der Waals surface area contributed by atoms with Gasteiger partial charge in [0, 0.05) is 33.6 Å². The predicted molar refractivity (Wildman–Crippen MR) is 264 cm³/mol. The molecular formula is C62H43NO. The van der Waals surface area contributed by atoms with Gasteiger partial charge < -0.3 is 9.64 Å². The predicted octanol–water partition coefficient (Wildman–Crippen LogP) is 16.4. The maximum Gasteiger partial charge on any atom is 0.132 e. The average molecular weight is 818 g/mol. The fourth-order valence-corrected chi connectivity index (χ4v) is 11.5. The summed E-state index contributed by atoms with van der Waals surface area (Å²) in [5, 5.41) is 2.49. The molecule has 0 aromatic heterocycles. The maximum atomic E-state index is 6.68. The van der Waals surface area contributed by atoms with Crippen molar-refractivity contribution in [2.75, 3.05) is 4.90 Å². The summed E-state index contributed by atoms with van der Waals surface area (Å²) in [6, 6.07) is 82.5. The highest BCUT2D eigenvalue weighted by Crippen LogP contribution is 2.64. The molecule has 0 radical (unpaired) electrons. The van der Waals surface area contributed by atoms with Crippen LogP contribution >= 0.6 is 0 Å². The van der Waals surface area contributed by atoms with E-state index >= 15 is 0 Å². The summed E-state index contributed by atoms with van der Waals surface area (Å²) in [5.41, 5.74) is 20.3. The third kappa shape index (κ3) is 5.14. The smallest absolute Gasteiger partial charge is 0.132 e. The fraction of sp³-hybridized carbons (Fsp3) is 0.0645. The van der Waals surface area contributed by atoms with Crippen LogP contribution in [-0.2, 0) is 10.8 Å². The van der Waals surface area contributed by atoms with E-state index in [-0.39, 0.29) is 5.41 Å². The first kappa shape index (κ1) is 36.7. The van der Waals surface area contributed by atoms with Crippen LogP contribution in [0.2, 0.25) is 0 Å². The molecule has 1 heterocycles. The van der Waals surface area contributed by atoms with E-state index in [1.54, 1.807) is 0 Å². The average Bonchev–Trinajstić information content (AvgIpc) is 3.78. The summed E-state index contributed by atoms with van der Waals surface area (Å²) in [6.45, 7) is 4.72. The highest BCUT2D eigenvalue weighted by Gasteiger charge is 2.52. The Morgan fingerprint density at radius 2 is 0.875 bits per heavy atom. The minimum absolute atomic E-state index is 0.119. The zero-order valence-corrected chi connectivity index (χ0v) is 35.7. The molecule has 3 aliphatic rings. The number of nitrogens with zero attached hydrogens (tertiary/aromatic N) is 1. The van der Waals surface area contributed by atoms with E-state index in [4.69, 9.17) is 4.74 Å². The van der Waals surface area contributed by atoms with Gasteiger partial charge in [-0.15, -0.1) is 0 Å². The van der Waals surface area contributed by atoms with Crippen LogP contribution in [0.3, 0.4) is 0 Å². The normalized spacial score (nSPS) is 14.2. The van der Waals surface area contributed by atoms with Crippen LogP contribution in [0.25, 0.3) is 55.3 Å². The number of para-hydroxylation sites is 2. The van der Waals surface area contributed by atoms with Crippen molar-refractivity contribution in [3.63, 3.8) is 0 Å². The molecule has 10 aromatic carbocycles. The van der Waals surface area contributed by atoms with E-state index < -0.39 is 5.41 Å². The molecule has 0 N–H and O–H groups in total. The highest BCUT2D eigenvalue weighted by atomic mass is 16.5. The molecule has 302 valence electrons. The Morgan fingerprint density at radius 3 is 1.61 bits per heavy atom. The largest absolute Gasteiger partial charge is 0.457 e. The van der Waals surface area contributed by atoms with Crippen LogP contribution in [0.4, 0.5) is 17.1 Å². The van der Waals surface area contributed by atoms with Gasteiger partial charge >= 0.3 is 0 Å². The van der Waals surface area contributed by atoms with E-state index in [9.17, 15) is 0 Å². The third-order valence-electron chi connectivity index (χ3n) is 14.3. The van der Waals surface area contributed by atoms with Gasteiger partial charge in [-0.05, 0) is 126 Å². The molecule has 10 aromatic rings. The lowest BCUT2D eigenvalue weighted by molar-refractivity contribution is 0.436. The maximum absolute atomic E-state index is 6.68. The van der Waals surface area contributed by atoms with Crippen molar-refractivity contribution in [1.82, 2.24) is 0 Å². The monoisotopic (exact) mass is 817 g/mol. The molecule has 0 bridgehead atoms. The van der Waals surface area contributed by atoms with Gasteiger partial charge in [0.2, 0.25) is 0 Å². The quantitative estimate of drug-likeness (QED) is 0.172. The van der Waals surface area contributed by atoms with Crippen LogP contribution in [0.15, 0.2) is 224 Å². The highest BCUT2D eigenvalue weighted by molar-refractivity contribution is 6.08. The first-order valence-electron chi connectivity index (χ1n) is 22.3. The van der Waals surface area contributed by atoms with Crippen molar-refractivity contribution in [1.29, 1.82) is 0 Å². The van der Waals surface area contributed by atoms with Crippen molar-refractivity contribution in [2.45, 2.75) is 24.7 Å². The summed E-state index contributed by atoms with van der Waals surface area (Å²) in [4.78, 5) is 2.42. The Balaban J connectivity index is 0.994. The summed E-state index contributed by atoms with van der Waals surface area (Å²) in [7, 11) is 0. The van der Waals surface area contributed by atoms with Crippen LogP contribution in [-0.4, -0.2) is 0 Å². The number of rotatable bonds is 5. The van der Waals surface area contributed by atoms with Crippen molar-refractivity contribution in [2.24, 2.45) is 0 Å². The topological polar surface area (TPSA) is 12.5 Å². The molecule has 0 saturated heterocycles. The van der Waals surface area contributed by atoms with Gasteiger partial charge in [-0.3, -0.25) is 0 Å². The van der Waals surface area contributed by atoms with Crippen LogP contribution in [0.1, 0.15) is 47.2 Å². The molecule has 2 heteroatoms. The summed E-state index contributed by atoms with van der Waals surface area (Å²) < 4.78 is 6.68. The molecule has 0 amide bonds. The SMILES string of the molecule is CC1(C)c2ccccc2-c2ccc(N(c3ccc(-c4ccccc4)cc3)c3ccc(-c4cccc5c4-c4c(ccc6ccccc46)C54c5ccccc5Oc5ccccc54)cc3)cc21. The van der Waals surface area contributed by atoms with Crippen molar-refractivity contribution >= 4 is 27.8 Å². The van der Waals surface area contributed by atoms with Crippen molar-refractivity contribution in [3.8, 4) is 56.0 Å². The van der Waals surface area contributed by atoms with Gasteiger partial charge in [0.05, 0.1) is 5.41 Å². The number of benzene rings is 10. The summed E-state index contributed by atoms with van der Waals surface area (Å²) in [5.74, 6) is 1.80. The van der Waals surface area contributed by atoms with Crippen LogP contribution in [0, 0.1) is 0 Å². The number of hydrogen-bond acceptors (Lipinski definition) is 2. The van der Waals surface area contributed by atoms with Gasteiger partial charge in [0.15, 0.2) is 0 Å². The number of anilines is 3. The van der Waals surface area contributed by atoms with E-state index in [0.29, 0.717) is 0 Å². The van der Waals surface area contributed by atoms with Gasteiger partial charge in [0.25, 0.3) is 0 Å². The van der Waals surface area contributed by atoms with Crippen molar-refractivity contribution in [3.05, 3.63) is 258 Å². The van der Waals surface area contributed by atoms with E-state index in [0.717, 1.165) is 28.6 Å². The summed E-state index contributed by atoms with van der Waals surface area (Å²) in [6.07, 6.45) is 0. The second kappa shape index (κ2) is 13.8. The Bertz CT molecular complexity index is 3440. The van der Waals surface area contributed by atoms with Crippen LogP contribution in [0.5, 0.6) is 11.5 Å². The molecule has 0 atom stereocenters. The lowest BCUT2D eigenvalue weighted by Crippen LogP contribution is -2.32. The minimum Gasteiger partial charge on any atom is -0.457 e. The lowest BCUT2D eigenvalue weighted by atomic mass is 9.66. The van der Waals surface area contributed by atoms with Crippen LogP contribution < -0.4 is 9.64 Å². The Hall–Kier alpha value is -7.94. The molecule has 0 saturated carbocycles. The Kier molecular flexibility index (Phi) is 7.90. The molecule has 2 nitrogen and oxygen atoms in total. The zero-order chi connectivity index (χ0) is 42.6. The molecule has 13 rings (SSSR count). The zero-order valence-electron chi connectivity index (χ0n) is 35.7. The van der Waals surface area contributed by atoms with Gasteiger partial charge in [-0.25, -0.2) is 0 Å². The fourth-order valence-electron chi connectivity index (χ4n) is 11.5. The van der Waals surface area contributed by atoms with Gasteiger partial charge in [-0.1, -0.05) is 190 Å². The number of fused-ring (bicyclic) bond motifs is 14. The molecule has 64 heavy (non-hydrogen) atoms. The number of hydrogen-bond donors (Lipinski definition) is 0. The molecule has 2 aliphatic carbocycles. The second-order valence-corrected chi connectivity index (χ2v) is 18.0. The van der Waals surface area contributed by atoms with Gasteiger partial charge in [-0.2, -0.15) is 0 Å². The summed E-state index contributed by atoms with van der Waals surface area (Å²) >= 11 is 0. The van der Waals surface area contributed by atoms with E-state index in [1.807, 2.05) is 0 Å². The first-order chi connectivity index (χ1) is 31.5. The lowest BCUT2D eigenvalue weighted by Gasteiger charge is -2.39. The standard InChI is InChI=1S/C62H43NO/c1-61(2)51-21-9-8-19-49(51)50-37-36-46(39-56(50)61)63(44-32-27-41(28-33-44)40-15-4-3-5-16-40)45-34-29-43(30-35-45)48-20-14-24-54-59(48)60-47-18-7-6-17-42(47)31-38-55(60)62(54)52-22-10-12-25-57(52)64-58-26-13-11-23-53(58)62/h3-39H,1-2H3. The third-order valence-corrected chi connectivity index (χ3v) is 14.3. The molecule has 1 aliphatic heterocycles. The molecule has 0 fully saturated rings. The van der Waals surface area contributed by atoms with E-state index in [1.165, 1.54) is 88.7 Å². The van der Waals surface area contributed by atoms with E-state index in [2.05, 4.69) is 243 Å². The Morgan fingerprint density at radius 1 is 0.344 bits per heavy atom. The molecule has 0 unspecified atom stereocenters. The minimum atomic E-state index is -0.556. The van der Waals surface area contributed by atoms with Crippen molar-refractivity contribution < 1.29 is 4.74 Å². The Labute approximate surface area is 374 Å². The first-order valence-corrected chi connectivity index (χ1v) is 22.3. The van der Waals surface area contributed by atoms with Gasteiger partial charge in [0.1, 0.15) is 11.5 Å². The molecule has 1 spiro atoms. The number of ether oxygens (including phenoxy) is 1. The molecular weight excluding hydrogens is 775 g/mol.